The van der Waals surface area contributed by atoms with Crippen LogP contribution in [0.25, 0.3) is 28.2 Å². The fourth-order valence-electron chi connectivity index (χ4n) is 3.04. The Labute approximate surface area is 167 Å². The number of unbranched alkanes of at least 4 members (excludes halogenated alkanes) is 1. The normalized spacial score (nSPS) is 12.4. The number of ether oxygens (including phenoxy) is 1. The summed E-state index contributed by atoms with van der Waals surface area (Å²) >= 11 is 0. The molecule has 0 spiro atoms. The highest BCUT2D eigenvalue weighted by molar-refractivity contribution is 5.83. The minimum absolute atomic E-state index is 0.217. The van der Waals surface area contributed by atoms with Crippen LogP contribution in [-0.4, -0.2) is 22.8 Å². The van der Waals surface area contributed by atoms with E-state index in [1.807, 2.05) is 31.2 Å². The highest BCUT2D eigenvalue weighted by Gasteiger charge is 2.03. The largest absolute Gasteiger partial charge is 0.490 e. The number of hydrogen-bond donors (Lipinski definition) is 1. The summed E-state index contributed by atoms with van der Waals surface area (Å²) in [6.45, 7) is 6.00. The first-order valence-electron chi connectivity index (χ1n) is 9.75. The Morgan fingerprint density at radius 3 is 2.68 bits per heavy atom. The van der Waals surface area contributed by atoms with Crippen LogP contribution >= 0.6 is 0 Å². The zero-order chi connectivity index (χ0) is 19.8. The van der Waals surface area contributed by atoms with Crippen molar-refractivity contribution in [2.75, 3.05) is 6.61 Å². The minimum atomic E-state index is -0.217. The summed E-state index contributed by atoms with van der Waals surface area (Å²) < 4.78 is 5.53. The average Bonchev–Trinajstić information content (AvgIpc) is 2.71. The van der Waals surface area contributed by atoms with E-state index >= 15 is 0 Å². The van der Waals surface area contributed by atoms with Gasteiger partial charge in [-0.2, -0.15) is 0 Å². The first kappa shape index (κ1) is 19.8. The number of rotatable bonds is 9. The maximum atomic E-state index is 9.30. The lowest BCUT2D eigenvalue weighted by Crippen LogP contribution is -1.97. The Bertz CT molecular complexity index is 942. The van der Waals surface area contributed by atoms with Gasteiger partial charge >= 0.3 is 0 Å². The highest BCUT2D eigenvalue weighted by Crippen LogP contribution is 2.24. The molecule has 1 aromatic heterocycles. The predicted molar refractivity (Wildman–Crippen MR) is 117 cm³/mol. The molecule has 0 saturated heterocycles. The van der Waals surface area contributed by atoms with Gasteiger partial charge in [0, 0.05) is 10.9 Å². The lowest BCUT2D eigenvalue weighted by Gasteiger charge is -2.06. The van der Waals surface area contributed by atoms with Gasteiger partial charge in [-0.3, -0.25) is 0 Å². The van der Waals surface area contributed by atoms with Crippen molar-refractivity contribution >= 4 is 17.0 Å². The molecule has 0 radical (unpaired) electrons. The molecule has 1 N–H and O–H groups in total. The van der Waals surface area contributed by atoms with Crippen LogP contribution in [0.2, 0.25) is 0 Å². The molecule has 0 bridgehead atoms. The molecule has 0 fully saturated rings. The van der Waals surface area contributed by atoms with Crippen LogP contribution in [-0.2, 0) is 0 Å². The molecule has 28 heavy (non-hydrogen) atoms. The summed E-state index contributed by atoms with van der Waals surface area (Å²) in [5.41, 5.74) is 4.16. The number of pyridine rings is 1. The standard InChI is InChI=1S/C25H27NO2/c1-3-17-28-23-13-10-21(11-14-23)24-16-12-22-18-20(9-15-25(22)26-24)8-6-4-5-7-19(2)27/h3,6,8-16,18-19,27H,1,4-5,7,17H2,2H3/b8-6+. The van der Waals surface area contributed by atoms with E-state index in [1.54, 1.807) is 6.08 Å². The number of nitrogens with zero attached hydrogens (tertiary/aromatic N) is 1. The van der Waals surface area contributed by atoms with Crippen LogP contribution in [0.3, 0.4) is 0 Å². The molecule has 2 aromatic carbocycles. The fourth-order valence-corrected chi connectivity index (χ4v) is 3.04. The third-order valence-corrected chi connectivity index (χ3v) is 4.53. The van der Waals surface area contributed by atoms with Gasteiger partial charge in [0.15, 0.2) is 0 Å². The van der Waals surface area contributed by atoms with Gasteiger partial charge in [-0.25, -0.2) is 4.98 Å². The molecule has 1 unspecified atom stereocenters. The maximum absolute atomic E-state index is 9.30. The van der Waals surface area contributed by atoms with Crippen molar-refractivity contribution in [3.63, 3.8) is 0 Å². The molecule has 3 nitrogen and oxygen atoms in total. The molecule has 0 aliphatic rings. The van der Waals surface area contributed by atoms with Crippen LogP contribution in [0.5, 0.6) is 5.75 Å². The van der Waals surface area contributed by atoms with Gasteiger partial charge in [0.1, 0.15) is 12.4 Å². The smallest absolute Gasteiger partial charge is 0.119 e. The maximum Gasteiger partial charge on any atom is 0.119 e. The van der Waals surface area contributed by atoms with E-state index in [0.717, 1.165) is 47.2 Å². The lowest BCUT2D eigenvalue weighted by molar-refractivity contribution is 0.182. The van der Waals surface area contributed by atoms with E-state index in [2.05, 4.69) is 49.1 Å². The van der Waals surface area contributed by atoms with Crippen LogP contribution < -0.4 is 4.74 Å². The summed E-state index contributed by atoms with van der Waals surface area (Å²) in [7, 11) is 0. The summed E-state index contributed by atoms with van der Waals surface area (Å²) in [6, 6.07) is 18.4. The van der Waals surface area contributed by atoms with Crippen molar-refractivity contribution in [1.29, 1.82) is 0 Å². The van der Waals surface area contributed by atoms with Gasteiger partial charge in [-0.1, -0.05) is 36.9 Å². The van der Waals surface area contributed by atoms with Crippen LogP contribution in [0, 0.1) is 0 Å². The first-order chi connectivity index (χ1) is 13.7. The van der Waals surface area contributed by atoms with Gasteiger partial charge < -0.3 is 9.84 Å². The number of aliphatic hydroxyl groups is 1. The van der Waals surface area contributed by atoms with E-state index in [-0.39, 0.29) is 6.10 Å². The third-order valence-electron chi connectivity index (χ3n) is 4.53. The van der Waals surface area contributed by atoms with E-state index in [4.69, 9.17) is 9.72 Å². The number of aromatic nitrogens is 1. The van der Waals surface area contributed by atoms with Crippen LogP contribution in [0.1, 0.15) is 31.7 Å². The number of fused-ring (bicyclic) bond motifs is 1. The SMILES string of the molecule is C=CCOc1ccc(-c2ccc3cc(/C=C/CCCC(C)O)ccc3n2)cc1. The number of benzene rings is 2. The molecule has 3 aromatic rings. The second-order valence-corrected chi connectivity index (χ2v) is 6.95. The van der Waals surface area contributed by atoms with E-state index in [0.29, 0.717) is 6.61 Å². The lowest BCUT2D eigenvalue weighted by atomic mass is 10.1. The van der Waals surface area contributed by atoms with Crippen LogP contribution in [0.15, 0.2) is 73.3 Å². The fraction of sp³-hybridized carbons (Fsp3) is 0.240. The summed E-state index contributed by atoms with van der Waals surface area (Å²) in [5, 5.41) is 10.4. The van der Waals surface area contributed by atoms with Gasteiger partial charge in [0.2, 0.25) is 0 Å². The summed E-state index contributed by atoms with van der Waals surface area (Å²) in [4.78, 5) is 4.80. The Morgan fingerprint density at radius 2 is 1.93 bits per heavy atom. The summed E-state index contributed by atoms with van der Waals surface area (Å²) in [6.07, 6.45) is 8.65. The molecule has 3 heteroatoms. The Hall–Kier alpha value is -2.91. The van der Waals surface area contributed by atoms with E-state index in [1.165, 1.54) is 5.56 Å². The highest BCUT2D eigenvalue weighted by atomic mass is 16.5. The van der Waals surface area contributed by atoms with E-state index < -0.39 is 0 Å². The van der Waals surface area contributed by atoms with Gasteiger partial charge in [0.05, 0.1) is 17.3 Å². The Morgan fingerprint density at radius 1 is 1.11 bits per heavy atom. The van der Waals surface area contributed by atoms with Crippen molar-refractivity contribution in [2.45, 2.75) is 32.3 Å². The van der Waals surface area contributed by atoms with Crippen LogP contribution in [0.4, 0.5) is 0 Å². The van der Waals surface area contributed by atoms with Gasteiger partial charge in [-0.05, 0) is 74.2 Å². The van der Waals surface area contributed by atoms with Crippen molar-refractivity contribution in [2.24, 2.45) is 0 Å². The van der Waals surface area contributed by atoms with E-state index in [9.17, 15) is 5.11 Å². The van der Waals surface area contributed by atoms with Crippen molar-refractivity contribution in [1.82, 2.24) is 4.98 Å². The topological polar surface area (TPSA) is 42.4 Å². The molecule has 144 valence electrons. The second kappa shape index (κ2) is 9.86. The molecule has 0 saturated carbocycles. The molecule has 1 atom stereocenters. The molecular formula is C25H27NO2. The quantitative estimate of drug-likeness (QED) is 0.368. The zero-order valence-electron chi connectivity index (χ0n) is 16.3. The third kappa shape index (κ3) is 5.54. The number of hydrogen-bond acceptors (Lipinski definition) is 3. The average molecular weight is 373 g/mol. The van der Waals surface area contributed by atoms with Gasteiger partial charge in [-0.15, -0.1) is 0 Å². The molecule has 3 rings (SSSR count). The van der Waals surface area contributed by atoms with Crippen molar-refractivity contribution in [3.05, 3.63) is 78.9 Å². The van der Waals surface area contributed by atoms with Crippen molar-refractivity contribution < 1.29 is 9.84 Å². The molecule has 0 aliphatic heterocycles. The minimum Gasteiger partial charge on any atom is -0.490 e. The van der Waals surface area contributed by atoms with Gasteiger partial charge in [0.25, 0.3) is 0 Å². The monoisotopic (exact) mass is 373 g/mol. The molecule has 0 aliphatic carbocycles. The number of allylic oxidation sites excluding steroid dienone is 1. The second-order valence-electron chi connectivity index (χ2n) is 6.95. The molecule has 1 heterocycles. The summed E-state index contributed by atoms with van der Waals surface area (Å²) in [5.74, 6) is 0.828. The molecular weight excluding hydrogens is 346 g/mol. The number of aliphatic hydroxyl groups excluding tert-OH is 1. The zero-order valence-corrected chi connectivity index (χ0v) is 16.3. The Balaban J connectivity index is 1.70. The first-order valence-corrected chi connectivity index (χ1v) is 9.75. The Kier molecular flexibility index (Phi) is 6.99. The van der Waals surface area contributed by atoms with Crippen molar-refractivity contribution in [3.8, 4) is 17.0 Å². The molecule has 0 amide bonds. The predicted octanol–water partition coefficient (Wildman–Crippen LogP) is 6.03.